The lowest BCUT2D eigenvalue weighted by molar-refractivity contribution is 0.0592. The second-order valence-electron chi connectivity index (χ2n) is 5.04. The molecule has 0 spiro atoms. The number of nitrogens with zero attached hydrogens (tertiary/aromatic N) is 3. The van der Waals surface area contributed by atoms with Gasteiger partial charge in [-0.3, -0.25) is 0 Å². The Hall–Kier alpha value is -1.62. The third-order valence-corrected chi connectivity index (χ3v) is 3.58. The van der Waals surface area contributed by atoms with Gasteiger partial charge < -0.3 is 9.47 Å². The highest BCUT2D eigenvalue weighted by atomic mass is 16.5. The summed E-state index contributed by atoms with van der Waals surface area (Å²) in [5.74, 6) is 1.41. The molecule has 1 aliphatic heterocycles. The molecule has 0 radical (unpaired) electrons. The third kappa shape index (κ3) is 2.87. The first-order valence-corrected chi connectivity index (χ1v) is 6.84. The van der Waals surface area contributed by atoms with Gasteiger partial charge in [-0.25, -0.2) is 9.50 Å². The highest BCUT2D eigenvalue weighted by molar-refractivity contribution is 5.55. The molecule has 0 unspecified atom stereocenters. The highest BCUT2D eigenvalue weighted by Crippen LogP contribution is 2.21. The van der Waals surface area contributed by atoms with Crippen molar-refractivity contribution in [3.8, 4) is 5.88 Å². The van der Waals surface area contributed by atoms with Gasteiger partial charge >= 0.3 is 0 Å². The van der Waals surface area contributed by atoms with Gasteiger partial charge in [0.25, 0.3) is 0 Å². The lowest BCUT2D eigenvalue weighted by Gasteiger charge is -2.21. The van der Waals surface area contributed by atoms with Crippen LogP contribution in [0.2, 0.25) is 0 Å². The average Bonchev–Trinajstić information content (AvgIpc) is 2.88. The largest absolute Gasteiger partial charge is 0.476 e. The van der Waals surface area contributed by atoms with Gasteiger partial charge in [0.2, 0.25) is 5.88 Å². The average molecular weight is 261 g/mol. The summed E-state index contributed by atoms with van der Waals surface area (Å²) in [5.41, 5.74) is 1.84. The molecule has 1 fully saturated rings. The Morgan fingerprint density at radius 1 is 1.42 bits per heavy atom. The molecule has 0 aromatic carbocycles. The standard InChI is InChI=1S/C14H19N3O2/c1-11-10-17-13(2-6-15-17)14(16-11)19-9-5-12-3-7-18-8-4-12/h2,6,10,12H,3-5,7-9H2,1H3. The first-order chi connectivity index (χ1) is 9.33. The van der Waals surface area contributed by atoms with Gasteiger partial charge in [-0.2, -0.15) is 5.10 Å². The molecule has 5 nitrogen and oxygen atoms in total. The molecule has 1 aliphatic rings. The van der Waals surface area contributed by atoms with Crippen molar-refractivity contribution >= 4 is 5.52 Å². The van der Waals surface area contributed by atoms with Crippen molar-refractivity contribution in [3.63, 3.8) is 0 Å². The smallest absolute Gasteiger partial charge is 0.240 e. The van der Waals surface area contributed by atoms with Gasteiger partial charge in [-0.15, -0.1) is 0 Å². The normalized spacial score (nSPS) is 16.9. The molecule has 0 amide bonds. The van der Waals surface area contributed by atoms with E-state index in [4.69, 9.17) is 9.47 Å². The molecule has 19 heavy (non-hydrogen) atoms. The molecule has 3 heterocycles. The molecule has 0 atom stereocenters. The molecule has 0 N–H and O–H groups in total. The molecule has 1 saturated heterocycles. The van der Waals surface area contributed by atoms with Gasteiger partial charge in [-0.1, -0.05) is 0 Å². The summed E-state index contributed by atoms with van der Waals surface area (Å²) < 4.78 is 13.0. The highest BCUT2D eigenvalue weighted by Gasteiger charge is 2.14. The molecule has 0 aliphatic carbocycles. The van der Waals surface area contributed by atoms with E-state index in [9.17, 15) is 0 Å². The van der Waals surface area contributed by atoms with E-state index < -0.39 is 0 Å². The van der Waals surface area contributed by atoms with Crippen LogP contribution in [0.15, 0.2) is 18.5 Å². The van der Waals surface area contributed by atoms with Crippen molar-refractivity contribution in [1.29, 1.82) is 0 Å². The van der Waals surface area contributed by atoms with Crippen LogP contribution in [0, 0.1) is 12.8 Å². The maximum atomic E-state index is 5.85. The van der Waals surface area contributed by atoms with E-state index in [2.05, 4.69) is 10.1 Å². The van der Waals surface area contributed by atoms with Gasteiger partial charge in [0.1, 0.15) is 5.52 Å². The first-order valence-electron chi connectivity index (χ1n) is 6.84. The van der Waals surface area contributed by atoms with Crippen molar-refractivity contribution in [3.05, 3.63) is 24.2 Å². The number of ether oxygens (including phenoxy) is 2. The lowest BCUT2D eigenvalue weighted by atomic mass is 9.97. The van der Waals surface area contributed by atoms with Crippen LogP contribution in [-0.2, 0) is 4.74 Å². The zero-order valence-electron chi connectivity index (χ0n) is 11.2. The summed E-state index contributed by atoms with van der Waals surface area (Å²) in [6, 6.07) is 1.93. The molecule has 5 heteroatoms. The van der Waals surface area contributed by atoms with Crippen LogP contribution in [0.5, 0.6) is 5.88 Å². The molecule has 102 valence electrons. The summed E-state index contributed by atoms with van der Waals surface area (Å²) in [7, 11) is 0. The summed E-state index contributed by atoms with van der Waals surface area (Å²) in [6.45, 7) is 4.44. The van der Waals surface area contributed by atoms with Crippen LogP contribution in [-0.4, -0.2) is 34.4 Å². The second kappa shape index (κ2) is 5.57. The van der Waals surface area contributed by atoms with E-state index >= 15 is 0 Å². The van der Waals surface area contributed by atoms with Crippen molar-refractivity contribution in [1.82, 2.24) is 14.6 Å². The number of aromatic nitrogens is 3. The van der Waals surface area contributed by atoms with E-state index in [-0.39, 0.29) is 0 Å². The fraction of sp³-hybridized carbons (Fsp3) is 0.571. The van der Waals surface area contributed by atoms with Crippen LogP contribution in [0.4, 0.5) is 0 Å². The number of hydrogen-bond acceptors (Lipinski definition) is 4. The minimum absolute atomic E-state index is 0.685. The Morgan fingerprint density at radius 2 is 2.26 bits per heavy atom. The molecule has 0 saturated carbocycles. The molecule has 2 aromatic heterocycles. The van der Waals surface area contributed by atoms with E-state index in [1.165, 1.54) is 0 Å². The van der Waals surface area contributed by atoms with Crippen molar-refractivity contribution in [2.75, 3.05) is 19.8 Å². The van der Waals surface area contributed by atoms with Crippen LogP contribution >= 0.6 is 0 Å². The van der Waals surface area contributed by atoms with E-state index in [1.54, 1.807) is 6.20 Å². The zero-order valence-corrected chi connectivity index (χ0v) is 11.2. The van der Waals surface area contributed by atoms with Gasteiger partial charge in [0.15, 0.2) is 0 Å². The van der Waals surface area contributed by atoms with E-state index in [0.717, 1.165) is 49.6 Å². The predicted molar refractivity (Wildman–Crippen MR) is 71.4 cm³/mol. The number of rotatable bonds is 4. The van der Waals surface area contributed by atoms with Gasteiger partial charge in [0, 0.05) is 13.2 Å². The Balaban J connectivity index is 1.63. The summed E-state index contributed by atoms with van der Waals surface area (Å²) in [5, 5.41) is 4.22. The Kier molecular flexibility index (Phi) is 3.64. The van der Waals surface area contributed by atoms with Crippen LogP contribution < -0.4 is 4.74 Å². The molecule has 3 rings (SSSR count). The zero-order chi connectivity index (χ0) is 13.1. The molecule has 2 aromatic rings. The first kappa shape index (κ1) is 12.4. The third-order valence-electron chi connectivity index (χ3n) is 3.58. The number of aryl methyl sites for hydroxylation is 1. The van der Waals surface area contributed by atoms with Gasteiger partial charge in [-0.05, 0) is 38.2 Å². The maximum Gasteiger partial charge on any atom is 0.240 e. The predicted octanol–water partition coefficient (Wildman–Crippen LogP) is 2.23. The van der Waals surface area contributed by atoms with E-state index in [1.807, 2.05) is 23.7 Å². The van der Waals surface area contributed by atoms with Crippen molar-refractivity contribution in [2.24, 2.45) is 5.92 Å². The fourth-order valence-corrected chi connectivity index (χ4v) is 2.47. The Bertz CT molecular complexity index is 547. The Morgan fingerprint density at radius 3 is 3.11 bits per heavy atom. The quantitative estimate of drug-likeness (QED) is 0.847. The van der Waals surface area contributed by atoms with Crippen LogP contribution in [0.3, 0.4) is 0 Å². The lowest BCUT2D eigenvalue weighted by Crippen LogP contribution is -2.18. The van der Waals surface area contributed by atoms with Crippen LogP contribution in [0.1, 0.15) is 25.0 Å². The molecule has 0 bridgehead atoms. The fourth-order valence-electron chi connectivity index (χ4n) is 2.47. The minimum atomic E-state index is 0.685. The Labute approximate surface area is 112 Å². The number of fused-ring (bicyclic) bond motifs is 1. The number of hydrogen-bond donors (Lipinski definition) is 0. The minimum Gasteiger partial charge on any atom is -0.476 e. The topological polar surface area (TPSA) is 48.7 Å². The molecular formula is C14H19N3O2. The van der Waals surface area contributed by atoms with Crippen molar-refractivity contribution < 1.29 is 9.47 Å². The molecular weight excluding hydrogens is 242 g/mol. The van der Waals surface area contributed by atoms with Crippen molar-refractivity contribution in [2.45, 2.75) is 26.2 Å². The van der Waals surface area contributed by atoms with E-state index in [0.29, 0.717) is 12.5 Å². The summed E-state index contributed by atoms with van der Waals surface area (Å²) >= 11 is 0. The second-order valence-corrected chi connectivity index (χ2v) is 5.04. The summed E-state index contributed by atoms with van der Waals surface area (Å²) in [6.07, 6.45) is 7.03. The monoisotopic (exact) mass is 261 g/mol. The van der Waals surface area contributed by atoms with Gasteiger partial charge in [0.05, 0.1) is 24.7 Å². The van der Waals surface area contributed by atoms with Crippen LogP contribution in [0.25, 0.3) is 5.52 Å². The maximum absolute atomic E-state index is 5.85. The SMILES string of the molecule is Cc1cn2nccc2c(OCCC2CCOCC2)n1. The summed E-state index contributed by atoms with van der Waals surface area (Å²) in [4.78, 5) is 4.45.